The average molecular weight is 304 g/mol. The Morgan fingerprint density at radius 1 is 1.65 bits per heavy atom. The molecule has 1 amide bonds. The summed E-state index contributed by atoms with van der Waals surface area (Å²) in [6.45, 7) is 1.46. The van der Waals surface area contributed by atoms with Gasteiger partial charge in [0.15, 0.2) is 0 Å². The summed E-state index contributed by atoms with van der Waals surface area (Å²) < 4.78 is 14.3. The summed E-state index contributed by atoms with van der Waals surface area (Å²) in [7, 11) is 0. The van der Waals surface area contributed by atoms with Gasteiger partial charge in [-0.2, -0.15) is 0 Å². The summed E-state index contributed by atoms with van der Waals surface area (Å²) in [5, 5.41) is 10.9. The zero-order valence-corrected chi connectivity index (χ0v) is 10.6. The summed E-state index contributed by atoms with van der Waals surface area (Å²) in [4.78, 5) is 21.3. The van der Waals surface area contributed by atoms with Gasteiger partial charge in [-0.25, -0.2) is 9.18 Å². The second kappa shape index (κ2) is 5.27. The Hall–Kier alpha value is -1.43. The molecule has 0 unspecified atom stereocenters. The molecule has 0 saturated carbocycles. The molecule has 17 heavy (non-hydrogen) atoms. The Morgan fingerprint density at radius 3 is 2.82 bits per heavy atom. The van der Waals surface area contributed by atoms with Crippen LogP contribution in [0.25, 0.3) is 0 Å². The van der Waals surface area contributed by atoms with E-state index in [1.165, 1.54) is 25.1 Å². The molecule has 0 aliphatic rings. The van der Waals surface area contributed by atoms with Gasteiger partial charge in [-0.3, -0.25) is 0 Å². The molecule has 1 atom stereocenters. The highest BCUT2D eigenvalue weighted by Crippen LogP contribution is 2.28. The van der Waals surface area contributed by atoms with Crippen LogP contribution in [0, 0.1) is 5.82 Å². The van der Waals surface area contributed by atoms with Gasteiger partial charge in [-0.1, -0.05) is 15.9 Å². The Kier molecular flexibility index (Phi) is 4.22. The fourth-order valence-corrected chi connectivity index (χ4v) is 1.91. The molecule has 1 aromatic carbocycles. The highest BCUT2D eigenvalue weighted by molar-refractivity contribution is 9.10. The molecular weight excluding hydrogens is 293 g/mol. The van der Waals surface area contributed by atoms with Crippen molar-refractivity contribution in [3.63, 3.8) is 0 Å². The van der Waals surface area contributed by atoms with Crippen molar-refractivity contribution < 1.29 is 19.1 Å². The van der Waals surface area contributed by atoms with Crippen LogP contribution in [0.5, 0.6) is 0 Å². The van der Waals surface area contributed by atoms with Gasteiger partial charge in [-0.05, 0) is 25.1 Å². The van der Waals surface area contributed by atoms with Gasteiger partial charge in [0.2, 0.25) is 0 Å². The number of carboxylic acid groups (broad SMARTS) is 1. The van der Waals surface area contributed by atoms with E-state index in [2.05, 4.69) is 21.2 Å². The van der Waals surface area contributed by atoms with E-state index in [-0.39, 0.29) is 12.0 Å². The van der Waals surface area contributed by atoms with Crippen molar-refractivity contribution in [3.05, 3.63) is 34.1 Å². The number of hydrogen-bond acceptors (Lipinski definition) is 2. The van der Waals surface area contributed by atoms with Crippen LogP contribution in [0.1, 0.15) is 18.9 Å². The van der Waals surface area contributed by atoms with Gasteiger partial charge in [0.25, 0.3) is 0 Å². The largest absolute Gasteiger partial charge is 0.465 e. The molecule has 0 bridgehead atoms. The molecule has 0 aliphatic heterocycles. The zero-order chi connectivity index (χ0) is 13.1. The first kappa shape index (κ1) is 13.6. The quantitative estimate of drug-likeness (QED) is 0.840. The van der Waals surface area contributed by atoms with Crippen molar-refractivity contribution in [2.75, 3.05) is 0 Å². The van der Waals surface area contributed by atoms with Gasteiger partial charge in [-0.15, -0.1) is 0 Å². The van der Waals surface area contributed by atoms with Crippen molar-refractivity contribution in [1.82, 2.24) is 5.32 Å². The number of carbonyl (C=O) groups excluding carboxylic acids is 1. The predicted molar refractivity (Wildman–Crippen MR) is 63.3 cm³/mol. The van der Waals surface area contributed by atoms with Crippen LogP contribution in [-0.2, 0) is 10.3 Å². The summed E-state index contributed by atoms with van der Waals surface area (Å²) in [6, 6.07) is 4.17. The number of nitrogens with one attached hydrogen (secondary N) is 1. The third-order valence-corrected chi connectivity index (χ3v) is 2.89. The van der Waals surface area contributed by atoms with Crippen LogP contribution in [0.15, 0.2) is 22.7 Å². The molecule has 1 rings (SSSR count). The smallest absolute Gasteiger partial charge is 0.405 e. The van der Waals surface area contributed by atoms with E-state index in [0.717, 1.165) is 0 Å². The molecule has 0 saturated heterocycles. The molecule has 0 fully saturated rings. The molecule has 0 spiro atoms. The molecule has 0 aliphatic carbocycles. The third-order valence-electron chi connectivity index (χ3n) is 2.40. The summed E-state index contributed by atoms with van der Waals surface area (Å²) in [6.07, 6.45) is -0.906. The van der Waals surface area contributed by atoms with Crippen molar-refractivity contribution in [2.24, 2.45) is 0 Å². The van der Waals surface area contributed by atoms with Gasteiger partial charge in [0.05, 0.1) is 5.54 Å². The zero-order valence-electron chi connectivity index (χ0n) is 9.04. The molecule has 1 aromatic rings. The number of carbonyl (C=O) groups is 2. The van der Waals surface area contributed by atoms with Gasteiger partial charge in [0.1, 0.15) is 12.1 Å². The summed E-state index contributed by atoms with van der Waals surface area (Å²) in [5.41, 5.74) is -1.15. The SMILES string of the molecule is C[C@@](CC=O)(NC(=O)O)c1cc(Br)ccc1F. The minimum atomic E-state index is -1.31. The number of benzene rings is 1. The molecule has 6 heteroatoms. The van der Waals surface area contributed by atoms with E-state index in [1.54, 1.807) is 0 Å². The maximum Gasteiger partial charge on any atom is 0.405 e. The Morgan fingerprint density at radius 2 is 2.29 bits per heavy atom. The van der Waals surface area contributed by atoms with Crippen LogP contribution < -0.4 is 5.32 Å². The summed E-state index contributed by atoms with van der Waals surface area (Å²) in [5.74, 6) is -0.564. The van der Waals surface area contributed by atoms with Crippen molar-refractivity contribution >= 4 is 28.3 Å². The van der Waals surface area contributed by atoms with Crippen molar-refractivity contribution in [1.29, 1.82) is 0 Å². The van der Waals surface area contributed by atoms with Gasteiger partial charge in [0, 0.05) is 16.5 Å². The van der Waals surface area contributed by atoms with E-state index in [9.17, 15) is 14.0 Å². The summed E-state index contributed by atoms with van der Waals surface area (Å²) >= 11 is 3.18. The maximum atomic E-state index is 13.7. The monoisotopic (exact) mass is 303 g/mol. The van der Waals surface area contributed by atoms with E-state index >= 15 is 0 Å². The Labute approximate surface area is 106 Å². The van der Waals surface area contributed by atoms with E-state index < -0.39 is 17.4 Å². The first-order valence-corrected chi connectivity index (χ1v) is 5.58. The molecule has 2 N–H and O–H groups in total. The Balaban J connectivity index is 3.25. The topological polar surface area (TPSA) is 66.4 Å². The van der Waals surface area contributed by atoms with E-state index in [1.807, 2.05) is 0 Å². The average Bonchev–Trinajstić information content (AvgIpc) is 2.20. The number of hydrogen-bond donors (Lipinski definition) is 2. The minimum Gasteiger partial charge on any atom is -0.465 e. The second-order valence-electron chi connectivity index (χ2n) is 3.76. The highest BCUT2D eigenvalue weighted by Gasteiger charge is 2.31. The van der Waals surface area contributed by atoms with E-state index in [4.69, 9.17) is 5.11 Å². The first-order chi connectivity index (χ1) is 7.89. The minimum absolute atomic E-state index is 0.126. The lowest BCUT2D eigenvalue weighted by Gasteiger charge is -2.28. The molecule has 0 radical (unpaired) electrons. The van der Waals surface area contributed by atoms with Gasteiger partial charge >= 0.3 is 6.09 Å². The van der Waals surface area contributed by atoms with E-state index in [0.29, 0.717) is 10.8 Å². The van der Waals surface area contributed by atoms with Crippen LogP contribution in [0.2, 0.25) is 0 Å². The fourth-order valence-electron chi connectivity index (χ4n) is 1.55. The highest BCUT2D eigenvalue weighted by atomic mass is 79.9. The molecule has 0 heterocycles. The van der Waals surface area contributed by atoms with Crippen LogP contribution >= 0.6 is 15.9 Å². The normalized spacial score (nSPS) is 13.8. The number of halogens is 2. The molecule has 92 valence electrons. The second-order valence-corrected chi connectivity index (χ2v) is 4.67. The molecular formula is C11H11BrFNO3. The fraction of sp³-hybridized carbons (Fsp3) is 0.273. The van der Waals surface area contributed by atoms with Crippen LogP contribution in [0.4, 0.5) is 9.18 Å². The number of rotatable bonds is 4. The van der Waals surface area contributed by atoms with Crippen molar-refractivity contribution in [3.8, 4) is 0 Å². The lowest BCUT2D eigenvalue weighted by atomic mass is 9.89. The van der Waals surface area contributed by atoms with Gasteiger partial charge < -0.3 is 15.2 Å². The molecule has 0 aromatic heterocycles. The number of amides is 1. The number of aldehydes is 1. The van der Waals surface area contributed by atoms with Crippen LogP contribution in [0.3, 0.4) is 0 Å². The van der Waals surface area contributed by atoms with Crippen LogP contribution in [-0.4, -0.2) is 17.5 Å². The first-order valence-electron chi connectivity index (χ1n) is 4.79. The Bertz CT molecular complexity index is 452. The molecule has 4 nitrogen and oxygen atoms in total. The maximum absolute atomic E-state index is 13.7. The lowest BCUT2D eigenvalue weighted by molar-refractivity contribution is -0.109. The standard InChI is InChI=1S/C11H11BrFNO3/c1-11(4-5-15,14-10(16)17)8-6-7(12)2-3-9(8)13/h2-3,5-6,14H,4H2,1H3,(H,16,17)/t11-/m0/s1. The predicted octanol–water partition coefficient (Wildman–Crippen LogP) is 2.66. The third kappa shape index (κ3) is 3.26. The lowest BCUT2D eigenvalue weighted by Crippen LogP contribution is -2.43. The van der Waals surface area contributed by atoms with Crippen molar-refractivity contribution in [2.45, 2.75) is 18.9 Å².